The number of benzene rings is 1. The first-order valence-corrected chi connectivity index (χ1v) is 14.5. The van der Waals surface area contributed by atoms with E-state index in [2.05, 4.69) is 15.3 Å². The van der Waals surface area contributed by atoms with Gasteiger partial charge >= 0.3 is 0 Å². The number of ether oxygens (including phenoxy) is 1. The zero-order valence-electron chi connectivity index (χ0n) is 23.9. The van der Waals surface area contributed by atoms with Crippen molar-refractivity contribution >= 4 is 46.0 Å². The molecule has 236 valence electrons. The molecule has 4 aromatic rings. The molecule has 12 nitrogen and oxygen atoms in total. The SMILES string of the molecule is CC1COCCN1c1cc(NC(=O)Cn2cc(-c3cc(C(N)=O)c(O)c(F)c3F)c3c(=O)n4c(nc32)CCCC4)c(Cl)c(F)n1. The second-order valence-electron chi connectivity index (χ2n) is 10.9. The van der Waals surface area contributed by atoms with Gasteiger partial charge in [-0.25, -0.2) is 14.4 Å². The normalized spacial score (nSPS) is 16.6. The third-order valence-corrected chi connectivity index (χ3v) is 8.34. The van der Waals surface area contributed by atoms with Crippen LogP contribution in [0.5, 0.6) is 5.75 Å². The number of phenols is 1. The number of nitrogens with zero attached hydrogens (tertiary/aromatic N) is 5. The van der Waals surface area contributed by atoms with Crippen molar-refractivity contribution in [1.29, 1.82) is 0 Å². The molecule has 3 aromatic heterocycles. The van der Waals surface area contributed by atoms with Crippen LogP contribution in [0, 0.1) is 17.6 Å². The van der Waals surface area contributed by atoms with Crippen molar-refractivity contribution in [3.05, 3.63) is 62.7 Å². The van der Waals surface area contributed by atoms with Crippen molar-refractivity contribution in [3.63, 3.8) is 0 Å². The molecule has 1 atom stereocenters. The fourth-order valence-corrected chi connectivity index (χ4v) is 5.89. The smallest absolute Gasteiger partial charge is 0.263 e. The summed E-state index contributed by atoms with van der Waals surface area (Å²) in [6, 6.07) is 2.16. The molecule has 1 unspecified atom stereocenters. The quantitative estimate of drug-likeness (QED) is 0.270. The van der Waals surface area contributed by atoms with Gasteiger partial charge in [-0.2, -0.15) is 8.78 Å². The van der Waals surface area contributed by atoms with E-state index in [4.69, 9.17) is 22.1 Å². The second-order valence-corrected chi connectivity index (χ2v) is 11.3. The fourth-order valence-electron chi connectivity index (χ4n) is 5.75. The first-order chi connectivity index (χ1) is 21.5. The molecule has 4 N–H and O–H groups in total. The summed E-state index contributed by atoms with van der Waals surface area (Å²) >= 11 is 6.16. The number of carbonyl (C=O) groups excluding carboxylic acids is 2. The molecular formula is C29H27ClF3N7O5. The topological polar surface area (TPSA) is 158 Å². The van der Waals surface area contributed by atoms with E-state index in [1.807, 2.05) is 11.8 Å². The maximum Gasteiger partial charge on any atom is 0.263 e. The third kappa shape index (κ3) is 5.35. The van der Waals surface area contributed by atoms with Gasteiger partial charge in [0.15, 0.2) is 11.6 Å². The van der Waals surface area contributed by atoms with E-state index in [9.17, 15) is 28.3 Å². The maximum atomic E-state index is 15.3. The van der Waals surface area contributed by atoms with Crippen LogP contribution in [-0.2, 0) is 29.0 Å². The van der Waals surface area contributed by atoms with Gasteiger partial charge in [0.1, 0.15) is 28.9 Å². The van der Waals surface area contributed by atoms with Gasteiger partial charge in [0.05, 0.1) is 35.9 Å². The van der Waals surface area contributed by atoms with Crippen molar-refractivity contribution in [1.82, 2.24) is 19.1 Å². The summed E-state index contributed by atoms with van der Waals surface area (Å²) in [6.45, 7) is 2.98. The zero-order valence-corrected chi connectivity index (χ0v) is 24.6. The van der Waals surface area contributed by atoms with Gasteiger partial charge in [0.2, 0.25) is 17.7 Å². The molecule has 0 aliphatic carbocycles. The Morgan fingerprint density at radius 1 is 1.16 bits per heavy atom. The van der Waals surface area contributed by atoms with Crippen molar-refractivity contribution in [2.75, 3.05) is 30.0 Å². The lowest BCUT2D eigenvalue weighted by Crippen LogP contribution is -2.44. The van der Waals surface area contributed by atoms with Crippen LogP contribution in [0.25, 0.3) is 22.2 Å². The number of nitrogens with one attached hydrogen (secondary N) is 1. The third-order valence-electron chi connectivity index (χ3n) is 7.98. The number of pyridine rings is 1. The van der Waals surface area contributed by atoms with Crippen molar-refractivity contribution < 1.29 is 32.6 Å². The maximum absolute atomic E-state index is 15.3. The Morgan fingerprint density at radius 2 is 1.93 bits per heavy atom. The summed E-state index contributed by atoms with van der Waals surface area (Å²) in [5, 5.41) is 12.0. The number of carbonyl (C=O) groups is 2. The van der Waals surface area contributed by atoms with Gasteiger partial charge < -0.3 is 30.4 Å². The number of nitrogens with two attached hydrogens (primary N) is 1. The minimum absolute atomic E-state index is 0.00152. The summed E-state index contributed by atoms with van der Waals surface area (Å²) in [6.07, 6.45) is 3.16. The molecule has 0 saturated carbocycles. The number of anilines is 2. The van der Waals surface area contributed by atoms with E-state index in [-0.39, 0.29) is 34.1 Å². The minimum atomic E-state index is -1.73. The lowest BCUT2D eigenvalue weighted by Gasteiger charge is -2.34. The first kappa shape index (κ1) is 30.4. The van der Waals surface area contributed by atoms with Gasteiger partial charge in [0.25, 0.3) is 11.5 Å². The predicted octanol–water partition coefficient (Wildman–Crippen LogP) is 3.34. The summed E-state index contributed by atoms with van der Waals surface area (Å²) in [7, 11) is 0. The highest BCUT2D eigenvalue weighted by Gasteiger charge is 2.28. The summed E-state index contributed by atoms with van der Waals surface area (Å²) < 4.78 is 52.9. The van der Waals surface area contributed by atoms with Crippen molar-refractivity contribution in [2.24, 2.45) is 5.73 Å². The molecule has 0 radical (unpaired) electrons. The van der Waals surface area contributed by atoms with Crippen LogP contribution < -0.4 is 21.5 Å². The highest BCUT2D eigenvalue weighted by molar-refractivity contribution is 6.33. The van der Waals surface area contributed by atoms with Crippen molar-refractivity contribution in [2.45, 2.75) is 45.3 Å². The summed E-state index contributed by atoms with van der Waals surface area (Å²) in [4.78, 5) is 49.3. The van der Waals surface area contributed by atoms with Crippen molar-refractivity contribution in [3.8, 4) is 16.9 Å². The van der Waals surface area contributed by atoms with Crippen LogP contribution in [0.4, 0.5) is 24.7 Å². The minimum Gasteiger partial charge on any atom is -0.504 e. The first-order valence-electron chi connectivity index (χ1n) is 14.1. The standard InChI is InChI=1S/C29H27ClF3N7O5/c1-13-12-45-7-6-39(13)19-9-17(22(30)26(33)36-19)35-20(41)11-38-10-16(14-8-15(27(34)43)25(42)24(32)23(14)31)21-28(38)37-18-4-2-3-5-40(18)29(21)44/h8-10,13,42H,2-7,11-12H2,1H3,(H2,34,43)(H,35,36,41). The summed E-state index contributed by atoms with van der Waals surface area (Å²) in [5.74, 6) is -6.77. The van der Waals surface area contributed by atoms with Crippen LogP contribution >= 0.6 is 11.6 Å². The molecule has 0 bridgehead atoms. The van der Waals surface area contributed by atoms with Gasteiger partial charge in [-0.3, -0.25) is 19.0 Å². The monoisotopic (exact) mass is 645 g/mol. The zero-order chi connectivity index (χ0) is 32.2. The lowest BCUT2D eigenvalue weighted by molar-refractivity contribution is -0.116. The number of amides is 2. The Labute approximate surface area is 258 Å². The average Bonchev–Trinajstić information content (AvgIpc) is 3.36. The molecule has 45 heavy (non-hydrogen) atoms. The summed E-state index contributed by atoms with van der Waals surface area (Å²) in [5.41, 5.74) is 3.25. The van der Waals surface area contributed by atoms with Gasteiger partial charge in [-0.05, 0) is 25.8 Å². The number of aryl methyl sites for hydroxylation is 1. The number of primary amides is 1. The largest absolute Gasteiger partial charge is 0.504 e. The van der Waals surface area contributed by atoms with E-state index in [1.165, 1.54) is 21.4 Å². The number of fused-ring (bicyclic) bond motifs is 2. The number of rotatable bonds is 6. The molecule has 1 aromatic carbocycles. The Hall–Kier alpha value is -4.63. The highest BCUT2D eigenvalue weighted by atomic mass is 35.5. The Bertz CT molecular complexity index is 1950. The number of aromatic hydroxyl groups is 1. The molecule has 0 spiro atoms. The molecule has 5 heterocycles. The van der Waals surface area contributed by atoms with E-state index in [1.54, 1.807) is 0 Å². The second kappa shape index (κ2) is 11.7. The van der Waals surface area contributed by atoms with Gasteiger partial charge in [-0.15, -0.1) is 0 Å². The Morgan fingerprint density at radius 3 is 2.67 bits per heavy atom. The Balaban J connectivity index is 1.43. The number of morpholine rings is 1. The predicted molar refractivity (Wildman–Crippen MR) is 158 cm³/mol. The van der Waals surface area contributed by atoms with Crippen LogP contribution in [-0.4, -0.2) is 61.8 Å². The van der Waals surface area contributed by atoms with E-state index in [0.717, 1.165) is 12.5 Å². The molecule has 6 rings (SSSR count). The van der Waals surface area contributed by atoms with E-state index < -0.39 is 63.4 Å². The van der Waals surface area contributed by atoms with Crippen LogP contribution in [0.2, 0.25) is 5.02 Å². The molecule has 16 heteroatoms. The van der Waals surface area contributed by atoms with Crippen LogP contribution in [0.3, 0.4) is 0 Å². The number of halogens is 4. The van der Waals surface area contributed by atoms with Gasteiger partial charge in [0, 0.05) is 42.9 Å². The molecular weight excluding hydrogens is 619 g/mol. The molecule has 2 aliphatic heterocycles. The van der Waals surface area contributed by atoms with Gasteiger partial charge in [-0.1, -0.05) is 11.6 Å². The molecule has 2 amide bonds. The molecule has 1 fully saturated rings. The highest BCUT2D eigenvalue weighted by Crippen LogP contribution is 2.36. The fraction of sp³-hybridized carbons (Fsp3) is 0.345. The number of hydrogen-bond donors (Lipinski definition) is 3. The molecule has 1 saturated heterocycles. The number of hydrogen-bond acceptors (Lipinski definition) is 8. The van der Waals surface area contributed by atoms with E-state index >= 15 is 4.39 Å². The lowest BCUT2D eigenvalue weighted by atomic mass is 10.0. The van der Waals surface area contributed by atoms with Crippen LogP contribution in [0.1, 0.15) is 35.9 Å². The average molecular weight is 646 g/mol. The number of aromatic nitrogens is 4. The Kier molecular flexibility index (Phi) is 7.91. The van der Waals surface area contributed by atoms with Crippen LogP contribution in [0.15, 0.2) is 23.1 Å². The van der Waals surface area contributed by atoms with E-state index in [0.29, 0.717) is 45.0 Å². The molecule has 2 aliphatic rings.